The molecule has 1 aromatic carbocycles. The van der Waals surface area contributed by atoms with E-state index < -0.39 is 0 Å². The van der Waals surface area contributed by atoms with E-state index in [0.717, 1.165) is 31.1 Å². The van der Waals surface area contributed by atoms with Gasteiger partial charge in [0, 0.05) is 17.9 Å². The standard InChI is InChI=1S/C13H19NO2/c1-9(2)13(14)10-4-5-11-12(8-10)16-7-3-6-15-11/h4-5,8-9,13H,3,6-7,14H2,1-2H3/p+1/t13-/m0/s1. The second-order valence-corrected chi connectivity index (χ2v) is 4.61. The smallest absolute Gasteiger partial charge is 0.161 e. The number of quaternary nitrogens is 1. The minimum absolute atomic E-state index is 0.303. The lowest BCUT2D eigenvalue weighted by atomic mass is 9.97. The van der Waals surface area contributed by atoms with Crippen molar-refractivity contribution in [1.82, 2.24) is 0 Å². The van der Waals surface area contributed by atoms with E-state index in [9.17, 15) is 0 Å². The van der Waals surface area contributed by atoms with Gasteiger partial charge in [0.05, 0.1) is 13.2 Å². The Balaban J connectivity index is 2.27. The molecule has 0 fully saturated rings. The Hall–Kier alpha value is -1.22. The molecule has 1 atom stereocenters. The van der Waals surface area contributed by atoms with Gasteiger partial charge in [-0.05, 0) is 18.2 Å². The van der Waals surface area contributed by atoms with E-state index in [1.807, 2.05) is 6.07 Å². The Morgan fingerprint density at radius 1 is 1.12 bits per heavy atom. The number of rotatable bonds is 2. The third kappa shape index (κ3) is 2.30. The van der Waals surface area contributed by atoms with E-state index in [2.05, 4.69) is 31.7 Å². The molecule has 0 radical (unpaired) electrons. The summed E-state index contributed by atoms with van der Waals surface area (Å²) in [5.41, 5.74) is 5.41. The lowest BCUT2D eigenvalue weighted by Crippen LogP contribution is -2.55. The molecule has 0 saturated heterocycles. The Labute approximate surface area is 96.5 Å². The molecule has 1 aliphatic rings. The SMILES string of the molecule is CC(C)[C@H]([NH3+])c1ccc2c(c1)OCCCO2. The summed E-state index contributed by atoms with van der Waals surface area (Å²) < 4.78 is 11.3. The molecule has 0 aliphatic carbocycles. The van der Waals surface area contributed by atoms with Crippen molar-refractivity contribution < 1.29 is 15.2 Å². The van der Waals surface area contributed by atoms with Gasteiger partial charge in [-0.25, -0.2) is 0 Å². The normalized spacial score (nSPS) is 17.0. The highest BCUT2D eigenvalue weighted by molar-refractivity contribution is 5.44. The molecular weight excluding hydrogens is 202 g/mol. The molecule has 0 bridgehead atoms. The van der Waals surface area contributed by atoms with Gasteiger partial charge in [0.15, 0.2) is 11.5 Å². The summed E-state index contributed by atoms with van der Waals surface area (Å²) in [6.45, 7) is 5.84. The van der Waals surface area contributed by atoms with Gasteiger partial charge in [0.1, 0.15) is 6.04 Å². The zero-order valence-corrected chi connectivity index (χ0v) is 10.0. The van der Waals surface area contributed by atoms with Gasteiger partial charge < -0.3 is 15.2 Å². The summed E-state index contributed by atoms with van der Waals surface area (Å²) in [5.74, 6) is 2.26. The lowest BCUT2D eigenvalue weighted by molar-refractivity contribution is -0.438. The Kier molecular flexibility index (Phi) is 3.34. The van der Waals surface area contributed by atoms with Crippen LogP contribution in [0.5, 0.6) is 11.5 Å². The second-order valence-electron chi connectivity index (χ2n) is 4.61. The fourth-order valence-corrected chi connectivity index (χ4v) is 1.80. The molecule has 1 heterocycles. The molecule has 0 spiro atoms. The molecule has 3 nitrogen and oxygen atoms in total. The first-order valence-electron chi connectivity index (χ1n) is 5.91. The largest absolute Gasteiger partial charge is 0.490 e. The Morgan fingerprint density at radius 3 is 2.50 bits per heavy atom. The molecule has 3 heteroatoms. The van der Waals surface area contributed by atoms with Crippen LogP contribution in [-0.4, -0.2) is 13.2 Å². The van der Waals surface area contributed by atoms with Gasteiger partial charge in [-0.1, -0.05) is 13.8 Å². The molecule has 0 saturated carbocycles. The molecule has 16 heavy (non-hydrogen) atoms. The summed E-state index contributed by atoms with van der Waals surface area (Å²) in [5, 5.41) is 0. The van der Waals surface area contributed by atoms with Crippen LogP contribution in [0.1, 0.15) is 31.9 Å². The minimum Gasteiger partial charge on any atom is -0.490 e. The van der Waals surface area contributed by atoms with Crippen LogP contribution in [-0.2, 0) is 0 Å². The number of ether oxygens (including phenoxy) is 2. The summed E-state index contributed by atoms with van der Waals surface area (Å²) in [6, 6.07) is 6.46. The Bertz CT molecular complexity index is 363. The van der Waals surface area contributed by atoms with E-state index in [0.29, 0.717) is 12.0 Å². The first-order chi connectivity index (χ1) is 7.68. The van der Waals surface area contributed by atoms with E-state index in [4.69, 9.17) is 9.47 Å². The predicted octanol–water partition coefficient (Wildman–Crippen LogP) is 1.79. The zero-order valence-electron chi connectivity index (χ0n) is 10.0. The molecule has 1 aliphatic heterocycles. The number of hydrogen-bond donors (Lipinski definition) is 1. The van der Waals surface area contributed by atoms with Crippen LogP contribution in [0.3, 0.4) is 0 Å². The van der Waals surface area contributed by atoms with Gasteiger partial charge in [0.25, 0.3) is 0 Å². The second kappa shape index (κ2) is 4.74. The quantitative estimate of drug-likeness (QED) is 0.829. The lowest BCUT2D eigenvalue weighted by Gasteiger charge is -2.15. The summed E-state index contributed by atoms with van der Waals surface area (Å²) in [7, 11) is 0. The van der Waals surface area contributed by atoms with Crippen molar-refractivity contribution in [3.05, 3.63) is 23.8 Å². The van der Waals surface area contributed by atoms with Gasteiger partial charge >= 0.3 is 0 Å². The first-order valence-corrected chi connectivity index (χ1v) is 5.91. The third-order valence-electron chi connectivity index (χ3n) is 3.00. The predicted molar refractivity (Wildman–Crippen MR) is 62.5 cm³/mol. The van der Waals surface area contributed by atoms with Crippen molar-refractivity contribution in [2.75, 3.05) is 13.2 Å². The minimum atomic E-state index is 0.303. The van der Waals surface area contributed by atoms with Crippen molar-refractivity contribution in [2.24, 2.45) is 5.92 Å². The molecular formula is C13H20NO2+. The Morgan fingerprint density at radius 2 is 1.81 bits per heavy atom. The monoisotopic (exact) mass is 222 g/mol. The summed E-state index contributed by atoms with van der Waals surface area (Å²) in [4.78, 5) is 0. The average Bonchev–Trinajstić information content (AvgIpc) is 2.51. The van der Waals surface area contributed by atoms with E-state index >= 15 is 0 Å². The average molecular weight is 222 g/mol. The van der Waals surface area contributed by atoms with Crippen LogP contribution in [0.15, 0.2) is 18.2 Å². The van der Waals surface area contributed by atoms with Crippen molar-refractivity contribution in [2.45, 2.75) is 26.3 Å². The van der Waals surface area contributed by atoms with Gasteiger partial charge in [-0.15, -0.1) is 0 Å². The maximum absolute atomic E-state index is 5.67. The molecule has 0 aromatic heterocycles. The summed E-state index contributed by atoms with van der Waals surface area (Å²) >= 11 is 0. The van der Waals surface area contributed by atoms with Gasteiger partial charge in [-0.2, -0.15) is 0 Å². The maximum Gasteiger partial charge on any atom is 0.161 e. The topological polar surface area (TPSA) is 46.1 Å². The van der Waals surface area contributed by atoms with Gasteiger partial charge in [-0.3, -0.25) is 0 Å². The summed E-state index contributed by atoms with van der Waals surface area (Å²) in [6.07, 6.45) is 0.946. The van der Waals surface area contributed by atoms with Crippen LogP contribution >= 0.6 is 0 Å². The number of fused-ring (bicyclic) bond motifs is 1. The third-order valence-corrected chi connectivity index (χ3v) is 3.00. The van der Waals surface area contributed by atoms with Crippen molar-refractivity contribution >= 4 is 0 Å². The highest BCUT2D eigenvalue weighted by Gasteiger charge is 2.18. The van der Waals surface area contributed by atoms with E-state index in [1.54, 1.807) is 0 Å². The molecule has 0 amide bonds. The number of benzene rings is 1. The number of hydrogen-bond acceptors (Lipinski definition) is 2. The zero-order chi connectivity index (χ0) is 11.5. The van der Waals surface area contributed by atoms with Crippen LogP contribution in [0.2, 0.25) is 0 Å². The van der Waals surface area contributed by atoms with Crippen LogP contribution in [0, 0.1) is 5.92 Å². The van der Waals surface area contributed by atoms with Crippen LogP contribution in [0.25, 0.3) is 0 Å². The van der Waals surface area contributed by atoms with E-state index in [1.165, 1.54) is 5.56 Å². The fourth-order valence-electron chi connectivity index (χ4n) is 1.80. The van der Waals surface area contributed by atoms with E-state index in [-0.39, 0.29) is 0 Å². The van der Waals surface area contributed by atoms with Crippen molar-refractivity contribution in [3.8, 4) is 11.5 Å². The first kappa shape index (κ1) is 11.3. The maximum atomic E-state index is 5.67. The molecule has 2 rings (SSSR count). The molecule has 3 N–H and O–H groups in total. The highest BCUT2D eigenvalue weighted by Crippen LogP contribution is 2.32. The molecule has 88 valence electrons. The highest BCUT2D eigenvalue weighted by atomic mass is 16.5. The fraction of sp³-hybridized carbons (Fsp3) is 0.538. The van der Waals surface area contributed by atoms with Gasteiger partial charge in [0.2, 0.25) is 0 Å². The van der Waals surface area contributed by atoms with Crippen molar-refractivity contribution in [3.63, 3.8) is 0 Å². The molecule has 0 unspecified atom stereocenters. The van der Waals surface area contributed by atoms with Crippen LogP contribution < -0.4 is 15.2 Å². The van der Waals surface area contributed by atoms with Crippen LogP contribution in [0.4, 0.5) is 0 Å². The van der Waals surface area contributed by atoms with Crippen molar-refractivity contribution in [1.29, 1.82) is 0 Å². The molecule has 1 aromatic rings.